The second kappa shape index (κ2) is 8.29. The molecule has 168 valence electrons. The maximum atomic E-state index is 13.4. The minimum Gasteiger partial charge on any atom is -0.424 e. The lowest BCUT2D eigenvalue weighted by Gasteiger charge is -2.14. The number of hydrogen-bond acceptors (Lipinski definition) is 5. The summed E-state index contributed by atoms with van der Waals surface area (Å²) < 4.78 is 5.96. The largest absolute Gasteiger partial charge is 0.424 e. The van der Waals surface area contributed by atoms with Crippen LogP contribution >= 0.6 is 0 Å². The average Bonchev–Trinajstić information content (AvgIpc) is 3.18. The average molecular weight is 457 g/mol. The van der Waals surface area contributed by atoms with Crippen LogP contribution in [0, 0.1) is 0 Å². The van der Waals surface area contributed by atoms with Crippen LogP contribution in [0.4, 0.5) is 0 Å². The number of carbonyl (C=O) groups is 2. The highest BCUT2D eigenvalue weighted by Crippen LogP contribution is 2.39. The summed E-state index contributed by atoms with van der Waals surface area (Å²) in [5.74, 6) is -0.784. The van der Waals surface area contributed by atoms with Crippen molar-refractivity contribution in [1.29, 1.82) is 0 Å². The fourth-order valence-corrected chi connectivity index (χ4v) is 4.46. The molecule has 5 heteroatoms. The first-order valence-electron chi connectivity index (χ1n) is 11.4. The van der Waals surface area contributed by atoms with Crippen molar-refractivity contribution >= 4 is 44.8 Å². The van der Waals surface area contributed by atoms with Gasteiger partial charge in [-0.15, -0.1) is 0 Å². The van der Waals surface area contributed by atoms with Crippen LogP contribution in [-0.4, -0.2) is 21.7 Å². The molecule has 1 unspecified atom stereocenters. The molecule has 1 atom stereocenters. The first-order chi connectivity index (χ1) is 17.1. The number of esters is 1. The molecule has 0 amide bonds. The second-order valence-corrected chi connectivity index (χ2v) is 8.58. The minimum absolute atomic E-state index is 0.205. The third kappa shape index (κ3) is 3.58. The first-order valence-corrected chi connectivity index (χ1v) is 11.4. The molecule has 1 aromatic heterocycles. The van der Waals surface area contributed by atoms with Crippen LogP contribution in [0.1, 0.15) is 40.2 Å². The van der Waals surface area contributed by atoms with E-state index in [0.717, 1.165) is 21.7 Å². The van der Waals surface area contributed by atoms with E-state index < -0.39 is 11.9 Å². The Balaban J connectivity index is 1.41. The monoisotopic (exact) mass is 456 g/mol. The van der Waals surface area contributed by atoms with Crippen LogP contribution in [-0.2, 0) is 9.53 Å². The third-order valence-corrected chi connectivity index (χ3v) is 6.41. The zero-order valence-electron chi connectivity index (χ0n) is 18.9. The fraction of sp³-hybridized carbons (Fsp3) is 0.0667. The first kappa shape index (κ1) is 20.9. The highest BCUT2D eigenvalue weighted by molar-refractivity contribution is 6.38. The Morgan fingerprint density at radius 1 is 0.800 bits per heavy atom. The van der Waals surface area contributed by atoms with Gasteiger partial charge in [-0.2, -0.15) is 0 Å². The van der Waals surface area contributed by atoms with E-state index in [9.17, 15) is 9.59 Å². The van der Waals surface area contributed by atoms with Gasteiger partial charge in [0.15, 0.2) is 11.6 Å². The molecule has 0 saturated heterocycles. The molecule has 0 saturated carbocycles. The molecule has 5 aromatic rings. The molecule has 0 fully saturated rings. The quantitative estimate of drug-likeness (QED) is 0.301. The zero-order chi connectivity index (χ0) is 23.9. The van der Waals surface area contributed by atoms with Crippen molar-refractivity contribution in [1.82, 2.24) is 9.97 Å². The number of fused-ring (bicyclic) bond motifs is 3. The van der Waals surface area contributed by atoms with Gasteiger partial charge in [-0.3, -0.25) is 9.59 Å². The third-order valence-electron chi connectivity index (χ3n) is 6.41. The molecule has 1 aliphatic rings. The lowest BCUT2D eigenvalue weighted by Crippen LogP contribution is -2.13. The zero-order valence-corrected chi connectivity index (χ0v) is 18.9. The fourth-order valence-electron chi connectivity index (χ4n) is 4.46. The number of carbonyl (C=O) groups excluding carboxylic acids is 2. The molecule has 5 nitrogen and oxygen atoms in total. The number of hydrogen-bond donors (Lipinski definition) is 0. The van der Waals surface area contributed by atoms with Crippen molar-refractivity contribution in [3.05, 3.63) is 120 Å². The molecular formula is C30H20N2O3. The molecule has 1 heterocycles. The van der Waals surface area contributed by atoms with E-state index in [0.29, 0.717) is 16.6 Å². The number of benzene rings is 4. The van der Waals surface area contributed by atoms with Crippen LogP contribution < -0.4 is 0 Å². The van der Waals surface area contributed by atoms with Gasteiger partial charge < -0.3 is 4.74 Å². The topological polar surface area (TPSA) is 69.2 Å². The van der Waals surface area contributed by atoms with E-state index in [-0.39, 0.29) is 22.9 Å². The summed E-state index contributed by atoms with van der Waals surface area (Å²) in [5, 5.41) is 3.02. The van der Waals surface area contributed by atoms with Crippen molar-refractivity contribution in [2.24, 2.45) is 0 Å². The maximum Gasteiger partial charge on any atom is 0.318 e. The highest BCUT2D eigenvalue weighted by atomic mass is 16.5. The SMILES string of the molecule is CC(C(=O)OC1=C(c2ncc3ccccc3n2)C(=O)c2ccccc21)c1ccc2ccccc2c1. The van der Waals surface area contributed by atoms with Gasteiger partial charge in [0.05, 0.1) is 11.4 Å². The molecule has 0 aliphatic heterocycles. The van der Waals surface area contributed by atoms with Gasteiger partial charge in [0.25, 0.3) is 0 Å². The van der Waals surface area contributed by atoms with Crippen LogP contribution in [0.5, 0.6) is 0 Å². The van der Waals surface area contributed by atoms with Crippen molar-refractivity contribution in [2.75, 3.05) is 0 Å². The molecule has 6 rings (SSSR count). The number of aromatic nitrogens is 2. The van der Waals surface area contributed by atoms with Gasteiger partial charge >= 0.3 is 5.97 Å². The van der Waals surface area contributed by atoms with Crippen LogP contribution in [0.2, 0.25) is 0 Å². The standard InChI is InChI=1S/C30H20N2O3/c1-18(20-15-14-19-8-2-3-9-21(19)16-20)30(34)35-28-24-12-6-5-11-23(24)27(33)26(28)29-31-17-22-10-4-7-13-25(22)32-29/h2-18H,1H3. The highest BCUT2D eigenvalue weighted by Gasteiger charge is 2.35. The Bertz CT molecular complexity index is 1690. The molecule has 35 heavy (non-hydrogen) atoms. The van der Waals surface area contributed by atoms with E-state index in [2.05, 4.69) is 9.97 Å². The van der Waals surface area contributed by atoms with Crippen molar-refractivity contribution in [2.45, 2.75) is 12.8 Å². The number of ketones is 1. The van der Waals surface area contributed by atoms with Gasteiger partial charge in [-0.25, -0.2) is 9.97 Å². The summed E-state index contributed by atoms with van der Waals surface area (Å²) in [5.41, 5.74) is 2.80. The van der Waals surface area contributed by atoms with Gasteiger partial charge in [-0.1, -0.05) is 84.9 Å². The minimum atomic E-state index is -0.534. The summed E-state index contributed by atoms with van der Waals surface area (Å²) >= 11 is 0. The molecule has 0 N–H and O–H groups in total. The van der Waals surface area contributed by atoms with Crippen LogP contribution in [0.25, 0.3) is 33.0 Å². The van der Waals surface area contributed by atoms with E-state index in [4.69, 9.17) is 4.74 Å². The number of para-hydroxylation sites is 1. The molecule has 0 bridgehead atoms. The van der Waals surface area contributed by atoms with E-state index in [1.165, 1.54) is 0 Å². The lowest BCUT2D eigenvalue weighted by molar-refractivity contribution is -0.137. The van der Waals surface area contributed by atoms with Gasteiger partial charge in [0.2, 0.25) is 5.78 Å². The molecular weight excluding hydrogens is 436 g/mol. The van der Waals surface area contributed by atoms with Gasteiger partial charge in [-0.05, 0) is 29.3 Å². The Kier molecular flexibility index (Phi) is 4.96. The van der Waals surface area contributed by atoms with E-state index >= 15 is 0 Å². The van der Waals surface area contributed by atoms with Crippen LogP contribution in [0.15, 0.2) is 97.2 Å². The Morgan fingerprint density at radius 3 is 2.31 bits per heavy atom. The Morgan fingerprint density at radius 2 is 1.49 bits per heavy atom. The van der Waals surface area contributed by atoms with Crippen LogP contribution in [0.3, 0.4) is 0 Å². The number of ether oxygens (including phenoxy) is 1. The van der Waals surface area contributed by atoms with E-state index in [1.54, 1.807) is 24.4 Å². The molecule has 0 radical (unpaired) electrons. The van der Waals surface area contributed by atoms with Crippen molar-refractivity contribution in [3.63, 3.8) is 0 Å². The number of Topliss-reactive ketones (excluding diaryl/α,β-unsaturated/α-hetero) is 1. The summed E-state index contributed by atoms with van der Waals surface area (Å²) in [7, 11) is 0. The predicted molar refractivity (Wildman–Crippen MR) is 136 cm³/mol. The summed E-state index contributed by atoms with van der Waals surface area (Å²) in [6, 6.07) is 28.6. The number of nitrogens with zero attached hydrogens (tertiary/aromatic N) is 2. The lowest BCUT2D eigenvalue weighted by atomic mass is 9.98. The van der Waals surface area contributed by atoms with Gasteiger partial charge in [0, 0.05) is 22.7 Å². The summed E-state index contributed by atoms with van der Waals surface area (Å²) in [6.07, 6.45) is 1.68. The maximum absolute atomic E-state index is 13.4. The predicted octanol–water partition coefficient (Wildman–Crippen LogP) is 6.19. The second-order valence-electron chi connectivity index (χ2n) is 8.58. The normalized spacial score (nSPS) is 13.8. The molecule has 0 spiro atoms. The van der Waals surface area contributed by atoms with Crippen molar-refractivity contribution < 1.29 is 14.3 Å². The molecule has 1 aliphatic carbocycles. The van der Waals surface area contributed by atoms with Gasteiger partial charge in [0.1, 0.15) is 5.57 Å². The van der Waals surface area contributed by atoms with Crippen molar-refractivity contribution in [3.8, 4) is 0 Å². The number of allylic oxidation sites excluding steroid dienone is 1. The summed E-state index contributed by atoms with van der Waals surface area (Å²) in [6.45, 7) is 1.81. The Hall–Kier alpha value is -4.64. The van der Waals surface area contributed by atoms with E-state index in [1.807, 2.05) is 79.7 Å². The Labute approximate surface area is 201 Å². The summed E-state index contributed by atoms with van der Waals surface area (Å²) in [4.78, 5) is 35.8. The number of rotatable bonds is 4. The smallest absolute Gasteiger partial charge is 0.318 e. The molecule has 4 aromatic carbocycles.